The fourth-order valence-electron chi connectivity index (χ4n) is 1.65. The van der Waals surface area contributed by atoms with Crippen molar-refractivity contribution in [1.82, 2.24) is 4.98 Å². The van der Waals surface area contributed by atoms with Gasteiger partial charge in [0, 0.05) is 16.7 Å². The Labute approximate surface area is 81.4 Å². The lowest BCUT2D eigenvalue weighted by Crippen LogP contribution is -2.14. The second-order valence-corrected chi connectivity index (χ2v) is 3.20. The Balaban J connectivity index is 2.51. The minimum absolute atomic E-state index is 0.127. The first-order valence-electron chi connectivity index (χ1n) is 4.45. The molecule has 0 saturated carbocycles. The van der Waals surface area contributed by atoms with Crippen molar-refractivity contribution in [3.8, 4) is 5.88 Å². The van der Waals surface area contributed by atoms with Crippen LogP contribution in [-0.4, -0.2) is 11.6 Å². The third-order valence-corrected chi connectivity index (χ3v) is 2.33. The molecule has 0 spiro atoms. The molecule has 1 atom stereocenters. The molecule has 1 unspecified atom stereocenters. The van der Waals surface area contributed by atoms with Crippen molar-refractivity contribution in [2.45, 2.75) is 19.4 Å². The minimum atomic E-state index is -0.127. The number of aryl methyl sites for hydroxylation is 1. The monoisotopic (exact) mass is 190 g/mol. The van der Waals surface area contributed by atoms with Crippen molar-refractivity contribution in [3.05, 3.63) is 33.8 Å². The van der Waals surface area contributed by atoms with Gasteiger partial charge in [0.1, 0.15) is 0 Å². The third-order valence-electron chi connectivity index (χ3n) is 2.33. The Morgan fingerprint density at radius 2 is 2.57 bits per heavy atom. The number of hydrogen-bond donors (Lipinski definition) is 0. The average molecular weight is 190 g/mol. The Morgan fingerprint density at radius 1 is 1.71 bits per heavy atom. The highest BCUT2D eigenvalue weighted by Crippen LogP contribution is 2.34. The zero-order valence-corrected chi connectivity index (χ0v) is 7.84. The summed E-state index contributed by atoms with van der Waals surface area (Å²) in [6.07, 6.45) is 2.43. The van der Waals surface area contributed by atoms with E-state index in [0.29, 0.717) is 12.5 Å². The predicted octanol–water partition coefficient (Wildman–Crippen LogP) is 2.52. The van der Waals surface area contributed by atoms with Crippen molar-refractivity contribution in [2.75, 3.05) is 6.61 Å². The Bertz CT molecular complexity index is 398. The molecule has 0 radical (unpaired) electrons. The molecule has 14 heavy (non-hydrogen) atoms. The van der Waals surface area contributed by atoms with Gasteiger partial charge in [0.15, 0.2) is 0 Å². The van der Waals surface area contributed by atoms with Gasteiger partial charge in [0.05, 0.1) is 12.6 Å². The number of aromatic nitrogens is 1. The molecule has 0 aliphatic carbocycles. The van der Waals surface area contributed by atoms with E-state index in [1.807, 2.05) is 13.0 Å². The molecule has 0 amide bonds. The van der Waals surface area contributed by atoms with E-state index in [9.17, 15) is 0 Å². The average Bonchev–Trinajstić information content (AvgIpc) is 2.19. The van der Waals surface area contributed by atoms with Gasteiger partial charge in [-0.15, -0.1) is 0 Å². The van der Waals surface area contributed by atoms with Gasteiger partial charge in [-0.25, -0.2) is 4.98 Å². The molecule has 2 rings (SSSR count). The number of nitrogens with zero attached hydrogens (tertiary/aromatic N) is 4. The maximum Gasteiger partial charge on any atom is 0.217 e. The summed E-state index contributed by atoms with van der Waals surface area (Å²) in [6, 6.07) is 1.77. The fourth-order valence-corrected chi connectivity index (χ4v) is 1.65. The highest BCUT2D eigenvalue weighted by molar-refractivity contribution is 5.37. The van der Waals surface area contributed by atoms with E-state index < -0.39 is 0 Å². The van der Waals surface area contributed by atoms with Gasteiger partial charge in [-0.05, 0) is 30.5 Å². The first-order valence-corrected chi connectivity index (χ1v) is 4.45. The molecule has 0 aromatic carbocycles. The zero-order chi connectivity index (χ0) is 9.97. The second-order valence-electron chi connectivity index (χ2n) is 3.20. The molecular formula is C9H10N4O. The van der Waals surface area contributed by atoms with Gasteiger partial charge in [0.25, 0.3) is 0 Å². The van der Waals surface area contributed by atoms with Crippen LogP contribution in [0.25, 0.3) is 10.4 Å². The summed E-state index contributed by atoms with van der Waals surface area (Å²) in [5, 5.41) is 3.75. The fraction of sp³-hybridized carbons (Fsp3) is 0.444. The van der Waals surface area contributed by atoms with Crippen molar-refractivity contribution in [2.24, 2.45) is 5.11 Å². The number of azide groups is 1. The van der Waals surface area contributed by atoms with Crippen molar-refractivity contribution in [3.63, 3.8) is 0 Å². The van der Waals surface area contributed by atoms with Gasteiger partial charge in [-0.1, -0.05) is 5.11 Å². The minimum Gasteiger partial charge on any atom is -0.477 e. The van der Waals surface area contributed by atoms with Gasteiger partial charge in [0.2, 0.25) is 5.88 Å². The topological polar surface area (TPSA) is 70.9 Å². The summed E-state index contributed by atoms with van der Waals surface area (Å²) in [6.45, 7) is 2.53. The van der Waals surface area contributed by atoms with Crippen LogP contribution >= 0.6 is 0 Å². The van der Waals surface area contributed by atoms with Crippen LogP contribution in [0.1, 0.15) is 23.6 Å². The van der Waals surface area contributed by atoms with Crippen LogP contribution < -0.4 is 4.74 Å². The summed E-state index contributed by atoms with van der Waals surface area (Å²) >= 11 is 0. The summed E-state index contributed by atoms with van der Waals surface area (Å²) in [7, 11) is 0. The van der Waals surface area contributed by atoms with Gasteiger partial charge in [-0.3, -0.25) is 0 Å². The van der Waals surface area contributed by atoms with E-state index in [1.54, 1.807) is 6.20 Å². The molecule has 2 heterocycles. The smallest absolute Gasteiger partial charge is 0.217 e. The highest BCUT2D eigenvalue weighted by atomic mass is 16.5. The highest BCUT2D eigenvalue weighted by Gasteiger charge is 2.22. The van der Waals surface area contributed by atoms with E-state index in [1.165, 1.54) is 0 Å². The molecule has 1 aromatic heterocycles. The SMILES string of the molecule is Cc1ccnc2c1C(N=[N+]=[N-])CCO2. The van der Waals surface area contributed by atoms with Crippen LogP contribution in [0, 0.1) is 6.92 Å². The molecule has 0 bridgehead atoms. The van der Waals surface area contributed by atoms with Crippen molar-refractivity contribution < 1.29 is 4.74 Å². The van der Waals surface area contributed by atoms with Crippen LogP contribution in [0.5, 0.6) is 5.88 Å². The maximum absolute atomic E-state index is 8.43. The molecule has 0 N–H and O–H groups in total. The summed E-state index contributed by atoms with van der Waals surface area (Å²) in [5.74, 6) is 0.605. The summed E-state index contributed by atoms with van der Waals surface area (Å²) in [4.78, 5) is 6.95. The van der Waals surface area contributed by atoms with Crippen molar-refractivity contribution >= 4 is 0 Å². The third kappa shape index (κ3) is 1.38. The lowest BCUT2D eigenvalue weighted by Gasteiger charge is -2.22. The number of pyridine rings is 1. The maximum atomic E-state index is 8.43. The van der Waals surface area contributed by atoms with E-state index in [0.717, 1.165) is 17.5 Å². The Hall–Kier alpha value is -1.74. The number of fused-ring (bicyclic) bond motifs is 1. The van der Waals surface area contributed by atoms with E-state index in [4.69, 9.17) is 10.3 Å². The van der Waals surface area contributed by atoms with Gasteiger partial charge in [-0.2, -0.15) is 0 Å². The lowest BCUT2D eigenvalue weighted by atomic mass is 10.00. The number of ether oxygens (including phenoxy) is 1. The predicted molar refractivity (Wildman–Crippen MR) is 51.0 cm³/mol. The van der Waals surface area contributed by atoms with Gasteiger partial charge >= 0.3 is 0 Å². The molecule has 1 aliphatic rings. The number of hydrogen-bond acceptors (Lipinski definition) is 3. The van der Waals surface area contributed by atoms with Crippen LogP contribution in [-0.2, 0) is 0 Å². The molecule has 0 saturated heterocycles. The van der Waals surface area contributed by atoms with E-state index in [2.05, 4.69) is 15.0 Å². The second kappa shape index (κ2) is 3.55. The normalized spacial score (nSPS) is 19.1. The van der Waals surface area contributed by atoms with E-state index in [-0.39, 0.29) is 6.04 Å². The Morgan fingerprint density at radius 3 is 3.36 bits per heavy atom. The summed E-state index contributed by atoms with van der Waals surface area (Å²) < 4.78 is 5.39. The summed E-state index contributed by atoms with van der Waals surface area (Å²) in [5.41, 5.74) is 10.4. The first-order chi connectivity index (χ1) is 6.83. The van der Waals surface area contributed by atoms with Crippen molar-refractivity contribution in [1.29, 1.82) is 0 Å². The molecule has 5 nitrogen and oxygen atoms in total. The van der Waals surface area contributed by atoms with Crippen LogP contribution in [0.4, 0.5) is 0 Å². The molecule has 1 aliphatic heterocycles. The van der Waals surface area contributed by atoms with Crippen LogP contribution in [0.15, 0.2) is 17.4 Å². The lowest BCUT2D eigenvalue weighted by molar-refractivity contribution is 0.257. The van der Waals surface area contributed by atoms with Crippen LogP contribution in [0.3, 0.4) is 0 Å². The largest absolute Gasteiger partial charge is 0.477 e. The van der Waals surface area contributed by atoms with Gasteiger partial charge < -0.3 is 4.74 Å². The molecular weight excluding hydrogens is 180 g/mol. The molecule has 1 aromatic rings. The number of rotatable bonds is 1. The quantitative estimate of drug-likeness (QED) is 0.387. The van der Waals surface area contributed by atoms with Crippen LogP contribution in [0.2, 0.25) is 0 Å². The Kier molecular flexibility index (Phi) is 2.24. The zero-order valence-electron chi connectivity index (χ0n) is 7.84. The molecule has 72 valence electrons. The molecule has 0 fully saturated rings. The molecule has 5 heteroatoms. The standard InChI is InChI=1S/C9H10N4O/c1-6-2-4-11-9-8(6)7(12-13-10)3-5-14-9/h2,4,7H,3,5H2,1H3. The first kappa shape index (κ1) is 8.84. The van der Waals surface area contributed by atoms with E-state index >= 15 is 0 Å².